The van der Waals surface area contributed by atoms with Crippen molar-refractivity contribution < 1.29 is 8.42 Å². The first-order valence-corrected chi connectivity index (χ1v) is 7.70. The zero-order chi connectivity index (χ0) is 14.8. The molecular formula is C13H18N4O2S. The standard InChI is InChI=1S/C13H18N4O2S/c1-4-17-10-11(9-14-17)15-12-7-5-6-8-13(12)20(18,19)16(2)3/h5-10,15H,4H2,1-3H3. The molecule has 0 bridgehead atoms. The number of hydrogen-bond acceptors (Lipinski definition) is 4. The highest BCUT2D eigenvalue weighted by molar-refractivity contribution is 7.89. The third-order valence-corrected chi connectivity index (χ3v) is 4.76. The van der Waals surface area contributed by atoms with Crippen LogP contribution in [0.15, 0.2) is 41.6 Å². The third-order valence-electron chi connectivity index (χ3n) is 2.88. The van der Waals surface area contributed by atoms with Crippen molar-refractivity contribution in [1.29, 1.82) is 0 Å². The molecule has 0 aliphatic rings. The van der Waals surface area contributed by atoms with Crippen molar-refractivity contribution in [2.45, 2.75) is 18.4 Å². The Bertz CT molecular complexity index is 692. The van der Waals surface area contributed by atoms with Crippen LogP contribution in [0.5, 0.6) is 0 Å². The molecule has 108 valence electrons. The zero-order valence-electron chi connectivity index (χ0n) is 11.7. The number of rotatable bonds is 5. The molecule has 1 heterocycles. The van der Waals surface area contributed by atoms with Crippen LogP contribution in [-0.2, 0) is 16.6 Å². The van der Waals surface area contributed by atoms with Crippen molar-refractivity contribution in [3.8, 4) is 0 Å². The molecule has 2 aromatic rings. The monoisotopic (exact) mass is 294 g/mol. The Morgan fingerprint density at radius 2 is 2.00 bits per heavy atom. The molecule has 0 amide bonds. The first-order valence-electron chi connectivity index (χ1n) is 6.26. The van der Waals surface area contributed by atoms with Crippen LogP contribution < -0.4 is 5.32 Å². The van der Waals surface area contributed by atoms with E-state index in [0.29, 0.717) is 5.69 Å². The number of aryl methyl sites for hydroxylation is 1. The minimum absolute atomic E-state index is 0.245. The largest absolute Gasteiger partial charge is 0.352 e. The van der Waals surface area contributed by atoms with Gasteiger partial charge in [0.15, 0.2) is 0 Å². The van der Waals surface area contributed by atoms with Crippen molar-refractivity contribution in [2.24, 2.45) is 0 Å². The second-order valence-corrected chi connectivity index (χ2v) is 6.61. The first kappa shape index (κ1) is 14.5. The van der Waals surface area contributed by atoms with Crippen LogP contribution in [0.3, 0.4) is 0 Å². The van der Waals surface area contributed by atoms with Gasteiger partial charge in [0.1, 0.15) is 4.90 Å². The van der Waals surface area contributed by atoms with Gasteiger partial charge in [-0.2, -0.15) is 5.10 Å². The number of aromatic nitrogens is 2. The highest BCUT2D eigenvalue weighted by atomic mass is 32.2. The van der Waals surface area contributed by atoms with E-state index in [9.17, 15) is 8.42 Å². The quantitative estimate of drug-likeness (QED) is 0.914. The van der Waals surface area contributed by atoms with E-state index < -0.39 is 10.0 Å². The van der Waals surface area contributed by atoms with Gasteiger partial charge < -0.3 is 5.32 Å². The van der Waals surface area contributed by atoms with Crippen LogP contribution >= 0.6 is 0 Å². The first-order chi connectivity index (χ1) is 9.45. The highest BCUT2D eigenvalue weighted by Crippen LogP contribution is 2.26. The topological polar surface area (TPSA) is 67.2 Å². The molecule has 0 aliphatic heterocycles. The Kier molecular flexibility index (Phi) is 4.10. The zero-order valence-corrected chi connectivity index (χ0v) is 12.6. The molecule has 1 N–H and O–H groups in total. The molecule has 0 saturated heterocycles. The molecule has 6 nitrogen and oxygen atoms in total. The number of para-hydroxylation sites is 1. The van der Waals surface area contributed by atoms with E-state index in [1.807, 2.05) is 13.1 Å². The Morgan fingerprint density at radius 3 is 2.60 bits per heavy atom. The number of anilines is 2. The lowest BCUT2D eigenvalue weighted by Gasteiger charge is -2.15. The molecule has 2 rings (SSSR count). The molecule has 0 saturated carbocycles. The second-order valence-electron chi connectivity index (χ2n) is 4.49. The summed E-state index contributed by atoms with van der Waals surface area (Å²) >= 11 is 0. The summed E-state index contributed by atoms with van der Waals surface area (Å²) in [6.45, 7) is 2.75. The Hall–Kier alpha value is -1.86. The van der Waals surface area contributed by atoms with Crippen LogP contribution in [0.2, 0.25) is 0 Å². The van der Waals surface area contributed by atoms with E-state index in [2.05, 4.69) is 10.4 Å². The molecule has 0 aliphatic carbocycles. The lowest BCUT2D eigenvalue weighted by molar-refractivity contribution is 0.521. The van der Waals surface area contributed by atoms with Crippen molar-refractivity contribution in [3.05, 3.63) is 36.7 Å². The van der Waals surface area contributed by atoms with Gasteiger partial charge in [0.2, 0.25) is 10.0 Å². The molecule has 0 radical (unpaired) electrons. The summed E-state index contributed by atoms with van der Waals surface area (Å²) in [6, 6.07) is 6.82. The molecular weight excluding hydrogens is 276 g/mol. The number of nitrogens with one attached hydrogen (secondary N) is 1. The minimum Gasteiger partial charge on any atom is -0.352 e. The van der Waals surface area contributed by atoms with Gasteiger partial charge in [0.25, 0.3) is 0 Å². The number of benzene rings is 1. The van der Waals surface area contributed by atoms with Gasteiger partial charge >= 0.3 is 0 Å². The van der Waals surface area contributed by atoms with Gasteiger partial charge in [-0.25, -0.2) is 12.7 Å². The fraction of sp³-hybridized carbons (Fsp3) is 0.308. The normalized spacial score (nSPS) is 11.8. The average Bonchev–Trinajstić information content (AvgIpc) is 2.86. The van der Waals surface area contributed by atoms with Crippen molar-refractivity contribution in [2.75, 3.05) is 19.4 Å². The third kappa shape index (κ3) is 2.83. The van der Waals surface area contributed by atoms with E-state index in [0.717, 1.165) is 12.2 Å². The number of nitrogens with zero attached hydrogens (tertiary/aromatic N) is 3. The van der Waals surface area contributed by atoms with Crippen molar-refractivity contribution >= 4 is 21.4 Å². The van der Waals surface area contributed by atoms with E-state index in [4.69, 9.17) is 0 Å². The maximum atomic E-state index is 12.3. The summed E-state index contributed by atoms with van der Waals surface area (Å²) in [5, 5.41) is 7.25. The van der Waals surface area contributed by atoms with Gasteiger partial charge in [-0.1, -0.05) is 12.1 Å². The van der Waals surface area contributed by atoms with E-state index in [1.54, 1.807) is 35.1 Å². The Balaban J connectivity index is 2.38. The molecule has 1 aromatic carbocycles. The summed E-state index contributed by atoms with van der Waals surface area (Å²) in [5.74, 6) is 0. The van der Waals surface area contributed by atoms with Crippen LogP contribution in [0, 0.1) is 0 Å². The summed E-state index contributed by atoms with van der Waals surface area (Å²) in [6.07, 6.45) is 3.50. The average molecular weight is 294 g/mol. The van der Waals surface area contributed by atoms with Gasteiger partial charge in [0.05, 0.1) is 17.6 Å². The fourth-order valence-electron chi connectivity index (χ4n) is 1.75. The molecule has 1 aromatic heterocycles. The Morgan fingerprint density at radius 1 is 1.30 bits per heavy atom. The minimum atomic E-state index is -3.48. The molecule has 7 heteroatoms. The van der Waals surface area contributed by atoms with E-state index >= 15 is 0 Å². The SMILES string of the molecule is CCn1cc(Nc2ccccc2S(=O)(=O)N(C)C)cn1. The van der Waals surface area contributed by atoms with Crippen LogP contribution in [0.4, 0.5) is 11.4 Å². The predicted molar refractivity (Wildman–Crippen MR) is 78.5 cm³/mol. The number of sulfonamides is 1. The van der Waals surface area contributed by atoms with Gasteiger partial charge in [-0.15, -0.1) is 0 Å². The van der Waals surface area contributed by atoms with Crippen LogP contribution in [0.25, 0.3) is 0 Å². The second kappa shape index (κ2) is 5.64. The molecule has 20 heavy (non-hydrogen) atoms. The van der Waals surface area contributed by atoms with Crippen molar-refractivity contribution in [1.82, 2.24) is 14.1 Å². The molecule has 0 fully saturated rings. The lowest BCUT2D eigenvalue weighted by Crippen LogP contribution is -2.23. The van der Waals surface area contributed by atoms with Crippen LogP contribution in [-0.4, -0.2) is 36.6 Å². The van der Waals surface area contributed by atoms with Crippen molar-refractivity contribution in [3.63, 3.8) is 0 Å². The summed E-state index contributed by atoms with van der Waals surface area (Å²) < 4.78 is 27.5. The summed E-state index contributed by atoms with van der Waals surface area (Å²) in [4.78, 5) is 0.245. The smallest absolute Gasteiger partial charge is 0.244 e. The van der Waals surface area contributed by atoms with E-state index in [1.165, 1.54) is 18.4 Å². The van der Waals surface area contributed by atoms with Gasteiger partial charge in [-0.3, -0.25) is 4.68 Å². The maximum absolute atomic E-state index is 12.3. The number of hydrogen-bond donors (Lipinski definition) is 1. The van der Waals surface area contributed by atoms with Crippen LogP contribution in [0.1, 0.15) is 6.92 Å². The van der Waals surface area contributed by atoms with Gasteiger partial charge in [-0.05, 0) is 19.1 Å². The van der Waals surface area contributed by atoms with Gasteiger partial charge in [0, 0.05) is 26.8 Å². The van der Waals surface area contributed by atoms with E-state index in [-0.39, 0.29) is 4.90 Å². The lowest BCUT2D eigenvalue weighted by atomic mass is 10.3. The molecule has 0 atom stereocenters. The summed E-state index contributed by atoms with van der Waals surface area (Å²) in [7, 11) is -0.453. The Labute approximate surface area is 119 Å². The predicted octanol–water partition coefficient (Wildman–Crippen LogP) is 1.90. The fourth-order valence-corrected chi connectivity index (χ4v) is 2.79. The molecule has 0 unspecified atom stereocenters. The maximum Gasteiger partial charge on any atom is 0.244 e. The highest BCUT2D eigenvalue weighted by Gasteiger charge is 2.20. The molecule has 0 spiro atoms. The summed E-state index contributed by atoms with van der Waals surface area (Å²) in [5.41, 5.74) is 1.30.